The molecule has 5 heteroatoms. The van der Waals surface area contributed by atoms with Crippen molar-refractivity contribution in [2.75, 3.05) is 26.7 Å². The predicted molar refractivity (Wildman–Crippen MR) is 61.3 cm³/mol. The second-order valence-corrected chi connectivity index (χ2v) is 4.99. The van der Waals surface area contributed by atoms with E-state index in [-0.39, 0.29) is 12.1 Å². The fourth-order valence-electron chi connectivity index (χ4n) is 1.79. The van der Waals surface area contributed by atoms with E-state index in [2.05, 4.69) is 5.32 Å². The van der Waals surface area contributed by atoms with E-state index >= 15 is 0 Å². The van der Waals surface area contributed by atoms with Crippen LogP contribution in [0.1, 0.15) is 26.7 Å². The van der Waals surface area contributed by atoms with E-state index < -0.39 is 5.60 Å². The van der Waals surface area contributed by atoms with Crippen LogP contribution in [-0.4, -0.2) is 54.5 Å². The molecule has 0 aromatic carbocycles. The highest BCUT2D eigenvalue weighted by Gasteiger charge is 2.21. The zero-order valence-corrected chi connectivity index (χ0v) is 10.3. The Hall–Kier alpha value is -0.810. The first-order valence-electron chi connectivity index (χ1n) is 5.71. The lowest BCUT2D eigenvalue weighted by Crippen LogP contribution is -2.46. The first-order chi connectivity index (χ1) is 7.38. The fourth-order valence-corrected chi connectivity index (χ4v) is 1.79. The van der Waals surface area contributed by atoms with E-state index in [1.165, 1.54) is 4.90 Å². The van der Waals surface area contributed by atoms with Crippen LogP contribution < -0.4 is 5.32 Å². The summed E-state index contributed by atoms with van der Waals surface area (Å²) >= 11 is 0. The third-order valence-electron chi connectivity index (χ3n) is 2.48. The normalized spacial score (nSPS) is 20.9. The lowest BCUT2D eigenvalue weighted by molar-refractivity contribution is 0.0521. The van der Waals surface area contributed by atoms with Crippen LogP contribution in [0, 0.1) is 0 Å². The van der Waals surface area contributed by atoms with Crippen molar-refractivity contribution >= 4 is 6.03 Å². The number of ether oxygens (including phenoxy) is 1. The van der Waals surface area contributed by atoms with Gasteiger partial charge in [-0.25, -0.2) is 4.79 Å². The van der Waals surface area contributed by atoms with Gasteiger partial charge in [-0.05, 0) is 26.7 Å². The van der Waals surface area contributed by atoms with E-state index in [0.717, 1.165) is 19.4 Å². The van der Waals surface area contributed by atoms with Crippen LogP contribution in [0.2, 0.25) is 0 Å². The Balaban J connectivity index is 2.23. The Morgan fingerprint density at radius 2 is 2.31 bits per heavy atom. The minimum Gasteiger partial charge on any atom is -0.389 e. The van der Waals surface area contributed by atoms with Gasteiger partial charge in [0.05, 0.1) is 18.2 Å². The van der Waals surface area contributed by atoms with Gasteiger partial charge in [-0.2, -0.15) is 0 Å². The number of nitrogens with one attached hydrogen (secondary N) is 1. The number of nitrogens with zero attached hydrogens (tertiary/aromatic N) is 1. The summed E-state index contributed by atoms with van der Waals surface area (Å²) < 4.78 is 5.40. The van der Waals surface area contributed by atoms with Gasteiger partial charge in [-0.15, -0.1) is 0 Å². The molecule has 0 saturated carbocycles. The molecule has 1 rings (SSSR count). The average molecular weight is 230 g/mol. The minimum absolute atomic E-state index is 0.152. The van der Waals surface area contributed by atoms with E-state index in [1.54, 1.807) is 20.9 Å². The Morgan fingerprint density at radius 3 is 2.81 bits per heavy atom. The summed E-state index contributed by atoms with van der Waals surface area (Å²) in [5, 5.41) is 12.4. The molecule has 16 heavy (non-hydrogen) atoms. The first-order valence-corrected chi connectivity index (χ1v) is 5.71. The van der Waals surface area contributed by atoms with Crippen molar-refractivity contribution < 1.29 is 14.6 Å². The summed E-state index contributed by atoms with van der Waals surface area (Å²) in [7, 11) is 1.67. The van der Waals surface area contributed by atoms with E-state index in [4.69, 9.17) is 4.74 Å². The maximum atomic E-state index is 11.6. The van der Waals surface area contributed by atoms with Crippen molar-refractivity contribution in [1.82, 2.24) is 10.2 Å². The molecule has 5 nitrogen and oxygen atoms in total. The second kappa shape index (κ2) is 5.50. The summed E-state index contributed by atoms with van der Waals surface area (Å²) in [6, 6.07) is -0.169. The molecule has 0 aromatic heterocycles. The van der Waals surface area contributed by atoms with Crippen LogP contribution in [0.4, 0.5) is 4.79 Å². The number of likely N-dealkylation sites (N-methyl/N-ethyl adjacent to an activating group) is 1. The Morgan fingerprint density at radius 1 is 1.62 bits per heavy atom. The molecule has 1 aliphatic rings. The van der Waals surface area contributed by atoms with Gasteiger partial charge in [0.1, 0.15) is 0 Å². The zero-order chi connectivity index (χ0) is 12.2. The number of aliphatic hydroxyl groups is 1. The molecule has 1 atom stereocenters. The Kier molecular flexibility index (Phi) is 4.56. The SMILES string of the molecule is CN(CC(C)(C)O)C(=O)NCC1CCCO1. The third kappa shape index (κ3) is 4.81. The molecule has 2 amide bonds. The molecule has 2 N–H and O–H groups in total. The standard InChI is InChI=1S/C11H22N2O3/c1-11(2,15)8-13(3)10(14)12-7-9-5-4-6-16-9/h9,15H,4-8H2,1-3H3,(H,12,14). The Labute approximate surface area is 96.8 Å². The minimum atomic E-state index is -0.865. The van der Waals surface area contributed by atoms with E-state index in [1.807, 2.05) is 0 Å². The van der Waals surface area contributed by atoms with Crippen molar-refractivity contribution in [3.05, 3.63) is 0 Å². The Bertz CT molecular complexity index is 232. The highest BCUT2D eigenvalue weighted by Crippen LogP contribution is 2.10. The predicted octanol–water partition coefficient (Wildman–Crippen LogP) is 0.578. The third-order valence-corrected chi connectivity index (χ3v) is 2.48. The van der Waals surface area contributed by atoms with Crippen LogP contribution in [0.25, 0.3) is 0 Å². The molecule has 0 aromatic rings. The summed E-state index contributed by atoms with van der Waals surface area (Å²) in [6.45, 7) is 5.01. The molecule has 94 valence electrons. The lowest BCUT2D eigenvalue weighted by atomic mass is 10.1. The van der Waals surface area contributed by atoms with Crippen LogP contribution in [-0.2, 0) is 4.74 Å². The van der Waals surface area contributed by atoms with Crippen molar-refractivity contribution in [2.45, 2.75) is 38.4 Å². The van der Waals surface area contributed by atoms with Crippen LogP contribution >= 0.6 is 0 Å². The molecule has 0 bridgehead atoms. The number of hydrogen-bond acceptors (Lipinski definition) is 3. The van der Waals surface area contributed by atoms with Crippen LogP contribution in [0.3, 0.4) is 0 Å². The molecule has 1 unspecified atom stereocenters. The molecular weight excluding hydrogens is 208 g/mol. The molecule has 1 heterocycles. The van der Waals surface area contributed by atoms with Gasteiger partial charge in [-0.1, -0.05) is 0 Å². The van der Waals surface area contributed by atoms with Crippen molar-refractivity contribution in [2.24, 2.45) is 0 Å². The number of rotatable bonds is 4. The molecule has 0 radical (unpaired) electrons. The average Bonchev–Trinajstić information content (AvgIpc) is 2.63. The molecule has 1 fully saturated rings. The van der Waals surface area contributed by atoms with Gasteiger partial charge in [0.25, 0.3) is 0 Å². The zero-order valence-electron chi connectivity index (χ0n) is 10.3. The van der Waals surface area contributed by atoms with Gasteiger partial charge in [0, 0.05) is 20.2 Å². The van der Waals surface area contributed by atoms with Crippen molar-refractivity contribution in [3.8, 4) is 0 Å². The number of amides is 2. The molecule has 1 saturated heterocycles. The number of carbonyl (C=O) groups excluding carboxylic acids is 1. The highest BCUT2D eigenvalue weighted by molar-refractivity contribution is 5.73. The quantitative estimate of drug-likeness (QED) is 0.742. The number of hydrogen-bond donors (Lipinski definition) is 2. The number of urea groups is 1. The van der Waals surface area contributed by atoms with Crippen LogP contribution in [0.15, 0.2) is 0 Å². The van der Waals surface area contributed by atoms with Gasteiger partial charge in [0.2, 0.25) is 0 Å². The maximum Gasteiger partial charge on any atom is 0.317 e. The largest absolute Gasteiger partial charge is 0.389 e. The van der Waals surface area contributed by atoms with E-state index in [0.29, 0.717) is 13.1 Å². The van der Waals surface area contributed by atoms with Gasteiger partial charge in [-0.3, -0.25) is 0 Å². The van der Waals surface area contributed by atoms with Gasteiger partial charge >= 0.3 is 6.03 Å². The van der Waals surface area contributed by atoms with Gasteiger partial charge in [0.15, 0.2) is 0 Å². The van der Waals surface area contributed by atoms with Gasteiger partial charge < -0.3 is 20.1 Å². The fraction of sp³-hybridized carbons (Fsp3) is 0.909. The molecular formula is C11H22N2O3. The van der Waals surface area contributed by atoms with Crippen molar-refractivity contribution in [1.29, 1.82) is 0 Å². The molecule has 1 aliphatic heterocycles. The highest BCUT2D eigenvalue weighted by atomic mass is 16.5. The maximum absolute atomic E-state index is 11.6. The smallest absolute Gasteiger partial charge is 0.317 e. The summed E-state index contributed by atoms with van der Waals surface area (Å²) in [6.07, 6.45) is 2.23. The second-order valence-electron chi connectivity index (χ2n) is 4.99. The first kappa shape index (κ1) is 13.3. The molecule has 0 aliphatic carbocycles. The van der Waals surface area contributed by atoms with Crippen LogP contribution in [0.5, 0.6) is 0 Å². The summed E-state index contributed by atoms with van der Waals surface area (Å²) in [4.78, 5) is 13.1. The summed E-state index contributed by atoms with van der Waals surface area (Å²) in [5.74, 6) is 0. The molecule has 0 spiro atoms. The summed E-state index contributed by atoms with van der Waals surface area (Å²) in [5.41, 5.74) is -0.865. The lowest BCUT2D eigenvalue weighted by Gasteiger charge is -2.26. The topological polar surface area (TPSA) is 61.8 Å². The number of carbonyl (C=O) groups is 1. The monoisotopic (exact) mass is 230 g/mol. The van der Waals surface area contributed by atoms with Crippen molar-refractivity contribution in [3.63, 3.8) is 0 Å². The van der Waals surface area contributed by atoms with E-state index in [9.17, 15) is 9.90 Å².